The van der Waals surface area contributed by atoms with Gasteiger partial charge in [-0.2, -0.15) is 0 Å². The molecule has 0 N–H and O–H groups in total. The Kier molecular flexibility index (Phi) is 3.26. The van der Waals surface area contributed by atoms with Crippen LogP contribution in [0.3, 0.4) is 0 Å². The van der Waals surface area contributed by atoms with Crippen LogP contribution in [0.15, 0.2) is 23.1 Å². The van der Waals surface area contributed by atoms with Crippen LogP contribution in [-0.4, -0.2) is 40.2 Å². The van der Waals surface area contributed by atoms with Gasteiger partial charge in [-0.25, -0.2) is 4.79 Å². The number of hydrogen-bond donors (Lipinski definition) is 0. The summed E-state index contributed by atoms with van der Waals surface area (Å²) in [4.78, 5) is 34.1. The van der Waals surface area contributed by atoms with Crippen LogP contribution in [0.4, 0.5) is 10.5 Å². The standard InChI is InChI=1S/C10H11N3O5/c14-9-2-1-8(13(16)17)7-12(9)4-3-11-5-6-18-10(11)15/h1-2,7H,3-6H2. The number of amides is 1. The zero-order valence-corrected chi connectivity index (χ0v) is 9.44. The topological polar surface area (TPSA) is 94.7 Å². The van der Waals surface area contributed by atoms with Gasteiger partial charge in [0.25, 0.3) is 11.2 Å². The van der Waals surface area contributed by atoms with Crippen LogP contribution < -0.4 is 5.56 Å². The summed E-state index contributed by atoms with van der Waals surface area (Å²) >= 11 is 0. The van der Waals surface area contributed by atoms with Gasteiger partial charge in [0.15, 0.2) is 0 Å². The van der Waals surface area contributed by atoms with Crippen molar-refractivity contribution >= 4 is 11.8 Å². The summed E-state index contributed by atoms with van der Waals surface area (Å²) in [6.07, 6.45) is 0.748. The highest BCUT2D eigenvalue weighted by atomic mass is 16.6. The quantitative estimate of drug-likeness (QED) is 0.564. The van der Waals surface area contributed by atoms with E-state index in [-0.39, 0.29) is 17.8 Å². The van der Waals surface area contributed by atoms with Crippen LogP contribution >= 0.6 is 0 Å². The molecule has 1 aliphatic heterocycles. The van der Waals surface area contributed by atoms with Gasteiger partial charge in [0, 0.05) is 25.2 Å². The van der Waals surface area contributed by atoms with Gasteiger partial charge in [-0.15, -0.1) is 0 Å². The lowest BCUT2D eigenvalue weighted by atomic mass is 10.4. The first kappa shape index (κ1) is 12.1. The average Bonchev–Trinajstić information content (AvgIpc) is 2.73. The maximum absolute atomic E-state index is 11.5. The third-order valence-corrected chi connectivity index (χ3v) is 2.63. The second kappa shape index (κ2) is 4.86. The summed E-state index contributed by atoms with van der Waals surface area (Å²) in [5.74, 6) is 0. The highest BCUT2D eigenvalue weighted by Crippen LogP contribution is 2.07. The van der Waals surface area contributed by atoms with Crippen molar-refractivity contribution in [2.45, 2.75) is 6.54 Å². The molecule has 1 aromatic rings. The summed E-state index contributed by atoms with van der Waals surface area (Å²) in [6, 6.07) is 2.30. The fourth-order valence-electron chi connectivity index (χ4n) is 1.66. The molecule has 2 rings (SSSR count). The molecule has 1 aromatic heterocycles. The van der Waals surface area contributed by atoms with E-state index in [0.29, 0.717) is 19.7 Å². The summed E-state index contributed by atoms with van der Waals surface area (Å²) in [5, 5.41) is 10.6. The maximum atomic E-state index is 11.5. The molecule has 0 atom stereocenters. The molecule has 1 amide bonds. The zero-order chi connectivity index (χ0) is 13.1. The van der Waals surface area contributed by atoms with E-state index >= 15 is 0 Å². The molecule has 0 unspecified atom stereocenters. The molecule has 18 heavy (non-hydrogen) atoms. The number of hydrogen-bond acceptors (Lipinski definition) is 5. The second-order valence-corrected chi connectivity index (χ2v) is 3.78. The highest BCUT2D eigenvalue weighted by Gasteiger charge is 2.21. The molecule has 0 aromatic carbocycles. The summed E-state index contributed by atoms with van der Waals surface area (Å²) in [6.45, 7) is 1.31. The van der Waals surface area contributed by atoms with E-state index in [1.54, 1.807) is 0 Å². The lowest BCUT2D eigenvalue weighted by Gasteiger charge is -2.13. The average molecular weight is 253 g/mol. The SMILES string of the molecule is O=C1OCCN1CCn1cc([N+](=O)[O-])ccc1=O. The molecule has 1 saturated heterocycles. The lowest BCUT2D eigenvalue weighted by molar-refractivity contribution is -0.385. The van der Waals surface area contributed by atoms with Gasteiger partial charge >= 0.3 is 6.09 Å². The highest BCUT2D eigenvalue weighted by molar-refractivity contribution is 5.69. The van der Waals surface area contributed by atoms with Crippen molar-refractivity contribution in [3.05, 3.63) is 38.8 Å². The first-order valence-electron chi connectivity index (χ1n) is 5.34. The van der Waals surface area contributed by atoms with E-state index in [1.165, 1.54) is 15.7 Å². The maximum Gasteiger partial charge on any atom is 0.410 e. The van der Waals surface area contributed by atoms with Crippen LogP contribution in [-0.2, 0) is 11.3 Å². The number of carbonyl (C=O) groups is 1. The minimum atomic E-state index is -0.569. The van der Waals surface area contributed by atoms with Crippen molar-refractivity contribution in [2.24, 2.45) is 0 Å². The molecular formula is C10H11N3O5. The molecule has 2 heterocycles. The van der Waals surface area contributed by atoms with Crippen LogP contribution in [0.25, 0.3) is 0 Å². The summed E-state index contributed by atoms with van der Waals surface area (Å²) in [7, 11) is 0. The summed E-state index contributed by atoms with van der Waals surface area (Å²) < 4.78 is 5.95. The molecule has 8 nitrogen and oxygen atoms in total. The molecule has 0 saturated carbocycles. The molecule has 96 valence electrons. The number of ether oxygens (including phenoxy) is 1. The van der Waals surface area contributed by atoms with Gasteiger partial charge in [-0.3, -0.25) is 14.9 Å². The molecule has 0 bridgehead atoms. The predicted molar refractivity (Wildman–Crippen MR) is 60.3 cm³/mol. The van der Waals surface area contributed by atoms with Crippen molar-refractivity contribution in [1.82, 2.24) is 9.47 Å². The van der Waals surface area contributed by atoms with Gasteiger partial charge in [0.05, 0.1) is 17.7 Å². The van der Waals surface area contributed by atoms with Crippen molar-refractivity contribution in [3.8, 4) is 0 Å². The molecule has 8 heteroatoms. The Hall–Kier alpha value is -2.38. The van der Waals surface area contributed by atoms with Crippen molar-refractivity contribution < 1.29 is 14.5 Å². The van der Waals surface area contributed by atoms with Gasteiger partial charge in [0.2, 0.25) is 0 Å². The molecule has 0 radical (unpaired) electrons. The Morgan fingerprint density at radius 3 is 2.72 bits per heavy atom. The Balaban J connectivity index is 2.08. The minimum Gasteiger partial charge on any atom is -0.448 e. The zero-order valence-electron chi connectivity index (χ0n) is 9.44. The lowest BCUT2D eigenvalue weighted by Crippen LogP contribution is -2.31. The third-order valence-electron chi connectivity index (χ3n) is 2.63. The van der Waals surface area contributed by atoms with Crippen LogP contribution in [0.5, 0.6) is 0 Å². The van der Waals surface area contributed by atoms with Crippen LogP contribution in [0.2, 0.25) is 0 Å². The number of nitrogens with zero attached hydrogens (tertiary/aromatic N) is 3. The molecule has 1 aliphatic rings. The van der Waals surface area contributed by atoms with E-state index in [0.717, 1.165) is 12.1 Å². The van der Waals surface area contributed by atoms with E-state index in [1.807, 2.05) is 0 Å². The number of rotatable bonds is 4. The Labute approximate surface area is 102 Å². The number of pyridine rings is 1. The Bertz CT molecular complexity index is 539. The number of cyclic esters (lactones) is 1. The number of carbonyl (C=O) groups excluding carboxylic acids is 1. The second-order valence-electron chi connectivity index (χ2n) is 3.78. The monoisotopic (exact) mass is 253 g/mol. The fraction of sp³-hybridized carbons (Fsp3) is 0.400. The van der Waals surface area contributed by atoms with Crippen molar-refractivity contribution in [1.29, 1.82) is 0 Å². The molecular weight excluding hydrogens is 242 g/mol. The minimum absolute atomic E-state index is 0.154. The Morgan fingerprint density at radius 2 is 2.11 bits per heavy atom. The van der Waals surface area contributed by atoms with E-state index in [2.05, 4.69) is 0 Å². The van der Waals surface area contributed by atoms with E-state index in [9.17, 15) is 19.7 Å². The van der Waals surface area contributed by atoms with Gasteiger partial charge in [-0.05, 0) is 0 Å². The van der Waals surface area contributed by atoms with Crippen molar-refractivity contribution in [2.75, 3.05) is 19.7 Å². The molecule has 0 spiro atoms. The fourth-order valence-corrected chi connectivity index (χ4v) is 1.66. The smallest absolute Gasteiger partial charge is 0.410 e. The van der Waals surface area contributed by atoms with E-state index < -0.39 is 11.0 Å². The molecule has 0 aliphatic carbocycles. The first-order chi connectivity index (χ1) is 8.58. The largest absolute Gasteiger partial charge is 0.448 e. The number of aromatic nitrogens is 1. The number of nitro groups is 1. The van der Waals surface area contributed by atoms with Crippen molar-refractivity contribution in [3.63, 3.8) is 0 Å². The molecule has 1 fully saturated rings. The normalized spacial score (nSPS) is 14.7. The van der Waals surface area contributed by atoms with Gasteiger partial charge in [-0.1, -0.05) is 0 Å². The van der Waals surface area contributed by atoms with E-state index in [4.69, 9.17) is 4.74 Å². The van der Waals surface area contributed by atoms with Crippen LogP contribution in [0.1, 0.15) is 0 Å². The first-order valence-corrected chi connectivity index (χ1v) is 5.34. The predicted octanol–water partition coefficient (Wildman–Crippen LogP) is 0.209. The Morgan fingerprint density at radius 1 is 1.33 bits per heavy atom. The van der Waals surface area contributed by atoms with Gasteiger partial charge < -0.3 is 14.2 Å². The van der Waals surface area contributed by atoms with Crippen LogP contribution in [0, 0.1) is 10.1 Å². The third kappa shape index (κ3) is 2.47. The van der Waals surface area contributed by atoms with Gasteiger partial charge in [0.1, 0.15) is 6.61 Å². The summed E-state index contributed by atoms with van der Waals surface area (Å²) in [5.41, 5.74) is -0.494.